The average Bonchev–Trinajstić information content (AvgIpc) is 4.07. The van der Waals surface area contributed by atoms with E-state index in [9.17, 15) is 14.4 Å². The highest BCUT2D eigenvalue weighted by atomic mass is 16.5. The maximum absolute atomic E-state index is 12.8. The molecule has 0 saturated heterocycles. The van der Waals surface area contributed by atoms with E-state index < -0.39 is 0 Å². The summed E-state index contributed by atoms with van der Waals surface area (Å²) in [4.78, 5) is 46.5. The number of para-hydroxylation sites is 2. The number of furan rings is 2. The number of nitrogens with zero attached hydrogens (tertiary/aromatic N) is 4. The van der Waals surface area contributed by atoms with Crippen LogP contribution in [0.25, 0.3) is 65.3 Å². The van der Waals surface area contributed by atoms with E-state index in [1.807, 2.05) is 128 Å². The monoisotopic (exact) mass is 832 g/mol. The van der Waals surface area contributed by atoms with Gasteiger partial charge >= 0.3 is 5.97 Å². The molecule has 10 heteroatoms. The van der Waals surface area contributed by atoms with Gasteiger partial charge in [0.1, 0.15) is 30.8 Å². The molecule has 0 bridgehead atoms. The van der Waals surface area contributed by atoms with Gasteiger partial charge in [0.15, 0.2) is 11.5 Å². The second kappa shape index (κ2) is 17.3. The quantitative estimate of drug-likeness (QED) is 0.0727. The molecule has 0 fully saturated rings. The fourth-order valence-corrected chi connectivity index (χ4v) is 8.33. The molecule has 10 aromatic rings. The number of aryl methyl sites for hydroxylation is 1. The van der Waals surface area contributed by atoms with Crippen molar-refractivity contribution >= 4 is 95.3 Å². The Morgan fingerprint density at radius 3 is 1.57 bits per heavy atom. The molecule has 0 atom stereocenters. The minimum absolute atomic E-state index is 0.0332. The van der Waals surface area contributed by atoms with Crippen molar-refractivity contribution in [3.63, 3.8) is 0 Å². The maximum atomic E-state index is 12.8. The zero-order chi connectivity index (χ0) is 43.6. The molecule has 0 saturated carbocycles. The van der Waals surface area contributed by atoms with Gasteiger partial charge in [0, 0.05) is 74.6 Å². The number of ketones is 2. The van der Waals surface area contributed by atoms with Crippen LogP contribution in [-0.2, 0) is 23.1 Å². The summed E-state index contributed by atoms with van der Waals surface area (Å²) < 4.78 is 20.8. The molecule has 10 rings (SSSR count). The highest BCUT2D eigenvalue weighted by Gasteiger charge is 2.18. The molecule has 0 aliphatic heterocycles. The maximum Gasteiger partial charge on any atom is 0.325 e. The summed E-state index contributed by atoms with van der Waals surface area (Å²) in [5.74, 6) is 0.0411. The van der Waals surface area contributed by atoms with Crippen molar-refractivity contribution in [1.29, 1.82) is 0 Å². The van der Waals surface area contributed by atoms with Crippen LogP contribution in [0.1, 0.15) is 50.5 Å². The summed E-state index contributed by atoms with van der Waals surface area (Å²) in [7, 11) is 2.04. The topological polar surface area (TPSA) is 121 Å². The lowest BCUT2D eigenvalue weighted by Gasteiger charge is -2.07. The molecule has 4 heterocycles. The van der Waals surface area contributed by atoms with E-state index in [4.69, 9.17) is 13.6 Å². The number of hydrogen-bond donors (Lipinski definition) is 0. The van der Waals surface area contributed by atoms with Crippen LogP contribution >= 0.6 is 0 Å². The Kier molecular flexibility index (Phi) is 11.1. The standard InChI is InChI=1S/C28H24N2O4.C25H20N2O2/c1-3-33-28(32)17-30-18(2)23(21-10-6-7-11-24(21)30)15-29-16-25(31)27-14-22-20-9-5-4-8-19(20)12-13-26(22)34-27;1-16-21(19-9-5-6-10-22(19)27(16)2)14-26-15-23(28)25-13-20-18-8-4-3-7-17(18)11-12-24(20)29-25/h4-15H,3,16-17H2,1-2H3;3-14H,15H2,1-2H3. The van der Waals surface area contributed by atoms with Crippen molar-refractivity contribution in [2.24, 2.45) is 17.0 Å². The van der Waals surface area contributed by atoms with Crippen molar-refractivity contribution in [3.05, 3.63) is 167 Å². The van der Waals surface area contributed by atoms with Crippen LogP contribution in [0.4, 0.5) is 0 Å². The molecule has 0 spiro atoms. The Labute approximate surface area is 362 Å². The molecular formula is C53H44N4O6. The summed E-state index contributed by atoms with van der Waals surface area (Å²) in [5.41, 5.74) is 7.42. The number of ether oxygens (including phenoxy) is 1. The second-order valence-electron chi connectivity index (χ2n) is 15.4. The fourth-order valence-electron chi connectivity index (χ4n) is 8.33. The van der Waals surface area contributed by atoms with Gasteiger partial charge in [0.25, 0.3) is 0 Å². The van der Waals surface area contributed by atoms with E-state index in [-0.39, 0.29) is 37.2 Å². The molecule has 0 aliphatic rings. The summed E-state index contributed by atoms with van der Waals surface area (Å²) in [6, 6.07) is 43.6. The number of aromatic nitrogens is 2. The molecule has 63 heavy (non-hydrogen) atoms. The van der Waals surface area contributed by atoms with Crippen LogP contribution in [0.5, 0.6) is 0 Å². The highest BCUT2D eigenvalue weighted by molar-refractivity contribution is 6.11. The molecule has 0 radical (unpaired) electrons. The number of hydrogen-bond acceptors (Lipinski definition) is 8. The number of fused-ring (bicyclic) bond motifs is 8. The molecule has 4 aromatic heterocycles. The van der Waals surface area contributed by atoms with E-state index in [0.717, 1.165) is 82.2 Å². The third-order valence-corrected chi connectivity index (χ3v) is 11.6. The van der Waals surface area contributed by atoms with Gasteiger partial charge in [0.05, 0.1) is 6.61 Å². The fraction of sp³-hybridized carbons (Fsp3) is 0.151. The molecule has 0 aliphatic carbocycles. The Hall–Kier alpha value is -7.85. The zero-order valence-electron chi connectivity index (χ0n) is 35.4. The minimum Gasteiger partial charge on any atom is -0.465 e. The largest absolute Gasteiger partial charge is 0.465 e. The van der Waals surface area contributed by atoms with Crippen molar-refractivity contribution in [2.75, 3.05) is 19.7 Å². The molecule has 6 aromatic carbocycles. The second-order valence-corrected chi connectivity index (χ2v) is 15.4. The molecular weight excluding hydrogens is 789 g/mol. The van der Waals surface area contributed by atoms with Gasteiger partial charge in [-0.05, 0) is 78.7 Å². The van der Waals surface area contributed by atoms with Crippen LogP contribution in [-0.4, -0.2) is 58.8 Å². The van der Waals surface area contributed by atoms with Gasteiger partial charge in [-0.3, -0.25) is 24.4 Å². The van der Waals surface area contributed by atoms with E-state index in [0.29, 0.717) is 23.7 Å². The summed E-state index contributed by atoms with van der Waals surface area (Å²) >= 11 is 0. The predicted octanol–water partition coefficient (Wildman–Crippen LogP) is 11.4. The SMILES string of the molecule is CCOC(=O)Cn1c(C)c(C=NCC(=O)c2cc3c(ccc4ccccc43)o2)c2ccccc21.Cc1c(C=NCC(=O)c2cc3c(ccc4ccccc43)o2)c2ccccc2n1C. The lowest BCUT2D eigenvalue weighted by molar-refractivity contribution is -0.143. The summed E-state index contributed by atoms with van der Waals surface area (Å²) in [6.07, 6.45) is 3.50. The van der Waals surface area contributed by atoms with Crippen LogP contribution in [0.2, 0.25) is 0 Å². The van der Waals surface area contributed by atoms with Gasteiger partial charge in [-0.2, -0.15) is 0 Å². The first-order valence-electron chi connectivity index (χ1n) is 20.9. The average molecular weight is 833 g/mol. The number of aliphatic imine (C=N–C) groups is 2. The summed E-state index contributed by atoms with van der Waals surface area (Å²) in [5, 5.41) is 8.35. The lowest BCUT2D eigenvalue weighted by Crippen LogP contribution is -2.14. The number of benzene rings is 6. The number of Topliss-reactive ketones (excluding diaryl/α,β-unsaturated/α-hetero) is 2. The molecule has 10 nitrogen and oxygen atoms in total. The van der Waals surface area contributed by atoms with Crippen LogP contribution < -0.4 is 0 Å². The predicted molar refractivity (Wildman–Crippen MR) is 252 cm³/mol. The van der Waals surface area contributed by atoms with Crippen LogP contribution in [0.15, 0.2) is 152 Å². The van der Waals surface area contributed by atoms with Gasteiger partial charge in [-0.25, -0.2) is 0 Å². The molecule has 312 valence electrons. The van der Waals surface area contributed by atoms with E-state index in [1.165, 1.54) is 0 Å². The summed E-state index contributed by atoms with van der Waals surface area (Å²) in [6.45, 7) is 6.28. The first-order valence-corrected chi connectivity index (χ1v) is 20.9. The Bertz CT molecular complexity index is 3450. The van der Waals surface area contributed by atoms with Crippen molar-refractivity contribution in [2.45, 2.75) is 27.3 Å². The van der Waals surface area contributed by atoms with E-state index in [2.05, 4.69) is 39.7 Å². The first kappa shape index (κ1) is 40.6. The lowest BCUT2D eigenvalue weighted by atomic mass is 10.1. The first-order chi connectivity index (χ1) is 30.7. The van der Waals surface area contributed by atoms with Crippen molar-refractivity contribution in [3.8, 4) is 0 Å². The van der Waals surface area contributed by atoms with E-state index in [1.54, 1.807) is 25.4 Å². The number of esters is 1. The van der Waals surface area contributed by atoms with Crippen LogP contribution in [0.3, 0.4) is 0 Å². The minimum atomic E-state index is -0.289. The van der Waals surface area contributed by atoms with Gasteiger partial charge < -0.3 is 22.7 Å². The number of carbonyl (C=O) groups excluding carboxylic acids is 3. The zero-order valence-corrected chi connectivity index (χ0v) is 35.4. The third kappa shape index (κ3) is 7.83. The molecule has 0 amide bonds. The van der Waals surface area contributed by atoms with Gasteiger partial charge in [0.2, 0.25) is 11.6 Å². The number of rotatable bonds is 11. The van der Waals surface area contributed by atoms with Crippen molar-refractivity contribution in [1.82, 2.24) is 9.13 Å². The Morgan fingerprint density at radius 2 is 1.03 bits per heavy atom. The Morgan fingerprint density at radius 1 is 0.571 bits per heavy atom. The van der Waals surface area contributed by atoms with Crippen molar-refractivity contribution < 1.29 is 28.0 Å². The Balaban J connectivity index is 0.000000162. The highest BCUT2D eigenvalue weighted by Crippen LogP contribution is 2.31. The third-order valence-electron chi connectivity index (χ3n) is 11.6. The van der Waals surface area contributed by atoms with Gasteiger partial charge in [-0.15, -0.1) is 0 Å². The normalized spacial score (nSPS) is 11.8. The number of carbonyl (C=O) groups is 3. The van der Waals surface area contributed by atoms with Crippen LogP contribution in [0, 0.1) is 13.8 Å². The van der Waals surface area contributed by atoms with E-state index >= 15 is 0 Å². The molecule has 0 N–H and O–H groups in total. The smallest absolute Gasteiger partial charge is 0.325 e. The van der Waals surface area contributed by atoms with Gasteiger partial charge in [-0.1, -0.05) is 97.1 Å². The molecule has 0 unspecified atom stereocenters.